The highest BCUT2D eigenvalue weighted by molar-refractivity contribution is 8.13. The molecule has 0 radical (unpaired) electrons. The van der Waals surface area contributed by atoms with Gasteiger partial charge in [0.1, 0.15) is 6.54 Å². The summed E-state index contributed by atoms with van der Waals surface area (Å²) in [5.41, 5.74) is 0.810. The van der Waals surface area contributed by atoms with Gasteiger partial charge >= 0.3 is 11.9 Å². The maximum absolute atomic E-state index is 11.7. The summed E-state index contributed by atoms with van der Waals surface area (Å²) in [6, 6.07) is 6.08. The molecule has 0 aromatic heterocycles. The van der Waals surface area contributed by atoms with Crippen LogP contribution < -0.4 is 5.32 Å². The fourth-order valence-electron chi connectivity index (χ4n) is 1.92. The predicted octanol–water partition coefficient (Wildman–Crippen LogP) is 1.12. The van der Waals surface area contributed by atoms with Gasteiger partial charge in [0.2, 0.25) is 0 Å². The number of anilines is 1. The van der Waals surface area contributed by atoms with Crippen molar-refractivity contribution in [3.8, 4) is 0 Å². The molecular formula is C15H16N2O6S. The van der Waals surface area contributed by atoms with Crippen molar-refractivity contribution in [1.29, 1.82) is 0 Å². The molecule has 1 aliphatic heterocycles. The Bertz CT molecular complexity index is 646. The summed E-state index contributed by atoms with van der Waals surface area (Å²) in [4.78, 5) is 47.3. The van der Waals surface area contributed by atoms with Gasteiger partial charge in [-0.25, -0.2) is 4.79 Å². The van der Waals surface area contributed by atoms with Crippen LogP contribution in [-0.2, 0) is 19.1 Å². The van der Waals surface area contributed by atoms with Crippen molar-refractivity contribution in [2.24, 2.45) is 0 Å². The van der Waals surface area contributed by atoms with Crippen LogP contribution in [0.5, 0.6) is 0 Å². The molecule has 24 heavy (non-hydrogen) atoms. The van der Waals surface area contributed by atoms with Crippen molar-refractivity contribution in [1.82, 2.24) is 4.90 Å². The van der Waals surface area contributed by atoms with E-state index in [1.54, 1.807) is 0 Å². The van der Waals surface area contributed by atoms with Crippen LogP contribution in [0.3, 0.4) is 0 Å². The van der Waals surface area contributed by atoms with Crippen molar-refractivity contribution in [3.63, 3.8) is 0 Å². The number of ether oxygens (including phenoxy) is 2. The smallest absolute Gasteiger partial charge is 0.337 e. The number of hydrogen-bond acceptors (Lipinski definition) is 7. The number of benzene rings is 1. The van der Waals surface area contributed by atoms with E-state index in [0.717, 1.165) is 11.8 Å². The highest BCUT2D eigenvalue weighted by Crippen LogP contribution is 2.16. The molecule has 1 saturated heterocycles. The van der Waals surface area contributed by atoms with E-state index < -0.39 is 24.5 Å². The molecule has 0 unspecified atom stereocenters. The van der Waals surface area contributed by atoms with Crippen LogP contribution in [0.1, 0.15) is 10.4 Å². The minimum Gasteiger partial charge on any atom is -0.465 e. The summed E-state index contributed by atoms with van der Waals surface area (Å²) < 4.78 is 9.41. The first kappa shape index (κ1) is 17.8. The van der Waals surface area contributed by atoms with E-state index >= 15 is 0 Å². The number of carbonyl (C=O) groups excluding carboxylic acids is 4. The number of thioether (sulfide) groups is 1. The van der Waals surface area contributed by atoms with Crippen LogP contribution in [0.25, 0.3) is 0 Å². The van der Waals surface area contributed by atoms with Crippen molar-refractivity contribution >= 4 is 40.5 Å². The zero-order chi connectivity index (χ0) is 17.5. The van der Waals surface area contributed by atoms with Crippen LogP contribution in [0.2, 0.25) is 0 Å². The van der Waals surface area contributed by atoms with Gasteiger partial charge in [0.25, 0.3) is 11.1 Å². The Morgan fingerprint density at radius 2 is 1.96 bits per heavy atom. The van der Waals surface area contributed by atoms with Gasteiger partial charge in [0.05, 0.1) is 12.7 Å². The molecule has 1 aromatic carbocycles. The number of nitrogens with one attached hydrogen (secondary N) is 1. The summed E-state index contributed by atoms with van der Waals surface area (Å²) in [5.74, 6) is -0.983. The van der Waals surface area contributed by atoms with Gasteiger partial charge in [0.15, 0.2) is 6.61 Å². The highest BCUT2D eigenvalue weighted by atomic mass is 32.2. The Hall–Kier alpha value is -2.55. The summed E-state index contributed by atoms with van der Waals surface area (Å²) in [5, 5.41) is 2.37. The first-order valence-electron chi connectivity index (χ1n) is 7.05. The fraction of sp³-hybridized carbons (Fsp3) is 0.333. The van der Waals surface area contributed by atoms with Crippen LogP contribution in [-0.4, -0.2) is 60.5 Å². The van der Waals surface area contributed by atoms with Crippen LogP contribution in [0.4, 0.5) is 10.5 Å². The third-order valence-corrected chi connectivity index (χ3v) is 4.01. The topological polar surface area (TPSA) is 102 Å². The maximum Gasteiger partial charge on any atom is 0.337 e. The fourth-order valence-corrected chi connectivity index (χ4v) is 2.75. The monoisotopic (exact) mass is 352 g/mol. The molecule has 1 heterocycles. The van der Waals surface area contributed by atoms with E-state index in [0.29, 0.717) is 23.5 Å². The molecule has 0 bridgehead atoms. The summed E-state index contributed by atoms with van der Waals surface area (Å²) in [6.45, 7) is -0.114. The van der Waals surface area contributed by atoms with Gasteiger partial charge in [-0.05, 0) is 24.3 Å². The van der Waals surface area contributed by atoms with Gasteiger partial charge in [-0.2, -0.15) is 0 Å². The summed E-state index contributed by atoms with van der Waals surface area (Å²) >= 11 is 1.15. The largest absolute Gasteiger partial charge is 0.465 e. The zero-order valence-corrected chi connectivity index (χ0v) is 13.8. The number of methoxy groups -OCH3 is 1. The van der Waals surface area contributed by atoms with E-state index in [-0.39, 0.29) is 11.8 Å². The van der Waals surface area contributed by atoms with Crippen molar-refractivity contribution < 1.29 is 28.7 Å². The lowest BCUT2D eigenvalue weighted by Gasteiger charge is -2.13. The normalized spacial score (nSPS) is 13.5. The molecule has 1 aromatic rings. The van der Waals surface area contributed by atoms with Crippen LogP contribution in [0, 0.1) is 0 Å². The predicted molar refractivity (Wildman–Crippen MR) is 86.8 cm³/mol. The summed E-state index contributed by atoms with van der Waals surface area (Å²) in [6.07, 6.45) is 0. The molecule has 1 fully saturated rings. The standard InChI is InChI=1S/C15H16N2O6S/c1-22-14(20)10-2-4-11(5-3-10)16-12(18)9-23-13(19)8-17-6-7-24-15(17)21/h2-5H,6-9H2,1H3,(H,16,18). The van der Waals surface area contributed by atoms with E-state index in [9.17, 15) is 19.2 Å². The van der Waals surface area contributed by atoms with Crippen molar-refractivity contribution in [3.05, 3.63) is 29.8 Å². The van der Waals surface area contributed by atoms with E-state index in [1.807, 2.05) is 0 Å². The average molecular weight is 352 g/mol. The number of rotatable bonds is 6. The molecule has 0 spiro atoms. The number of esters is 2. The highest BCUT2D eigenvalue weighted by Gasteiger charge is 2.24. The van der Waals surface area contributed by atoms with Crippen LogP contribution in [0.15, 0.2) is 24.3 Å². The molecule has 2 rings (SSSR count). The molecule has 1 aliphatic rings. The Labute approximate surface area is 142 Å². The van der Waals surface area contributed by atoms with E-state index in [2.05, 4.69) is 10.1 Å². The van der Waals surface area contributed by atoms with Gasteiger partial charge < -0.3 is 19.7 Å². The Morgan fingerprint density at radius 1 is 1.25 bits per heavy atom. The Morgan fingerprint density at radius 3 is 2.54 bits per heavy atom. The third-order valence-electron chi connectivity index (χ3n) is 3.12. The molecule has 1 N–H and O–H groups in total. The molecule has 0 saturated carbocycles. The molecule has 2 amide bonds. The second-order valence-corrected chi connectivity index (χ2v) is 5.86. The molecule has 8 nitrogen and oxygen atoms in total. The number of amides is 2. The lowest BCUT2D eigenvalue weighted by Crippen LogP contribution is -2.32. The number of hydrogen-bond donors (Lipinski definition) is 1. The van der Waals surface area contributed by atoms with E-state index in [4.69, 9.17) is 4.74 Å². The quantitative estimate of drug-likeness (QED) is 0.766. The SMILES string of the molecule is COC(=O)c1ccc(NC(=O)COC(=O)CN2CCSC2=O)cc1. The summed E-state index contributed by atoms with van der Waals surface area (Å²) in [7, 11) is 1.28. The van der Waals surface area contributed by atoms with Gasteiger partial charge in [-0.15, -0.1) is 0 Å². The number of carbonyl (C=O) groups is 4. The molecular weight excluding hydrogens is 336 g/mol. The van der Waals surface area contributed by atoms with Crippen molar-refractivity contribution in [2.75, 3.05) is 37.9 Å². The number of nitrogens with zero attached hydrogens (tertiary/aromatic N) is 1. The second-order valence-electron chi connectivity index (χ2n) is 4.81. The molecule has 128 valence electrons. The van der Waals surface area contributed by atoms with Gasteiger partial charge in [-0.3, -0.25) is 14.4 Å². The second kappa shape index (κ2) is 8.34. The lowest BCUT2D eigenvalue weighted by atomic mass is 10.2. The maximum atomic E-state index is 11.7. The minimum atomic E-state index is -0.637. The Balaban J connectivity index is 1.75. The molecule has 0 atom stereocenters. The van der Waals surface area contributed by atoms with E-state index in [1.165, 1.54) is 36.3 Å². The first-order valence-corrected chi connectivity index (χ1v) is 8.03. The minimum absolute atomic E-state index is 0.160. The van der Waals surface area contributed by atoms with Crippen molar-refractivity contribution in [2.45, 2.75) is 0 Å². The third kappa shape index (κ3) is 4.98. The molecule has 9 heteroatoms. The lowest BCUT2D eigenvalue weighted by molar-refractivity contribution is -0.147. The Kier molecular flexibility index (Phi) is 6.19. The molecule has 0 aliphatic carbocycles. The average Bonchev–Trinajstić information content (AvgIpc) is 2.98. The van der Waals surface area contributed by atoms with Gasteiger partial charge in [-0.1, -0.05) is 11.8 Å². The zero-order valence-electron chi connectivity index (χ0n) is 12.9. The van der Waals surface area contributed by atoms with Crippen LogP contribution >= 0.6 is 11.8 Å². The van der Waals surface area contributed by atoms with Gasteiger partial charge in [0, 0.05) is 18.0 Å². The first-order chi connectivity index (χ1) is 11.5.